The lowest BCUT2D eigenvalue weighted by atomic mass is 10.0. The molecule has 53 heavy (non-hydrogen) atoms. The van der Waals surface area contributed by atoms with E-state index < -0.39 is 12.1 Å². The molecule has 1 amide bonds. The van der Waals surface area contributed by atoms with Crippen LogP contribution in [0, 0.1) is 0 Å². The molecule has 0 heterocycles. The van der Waals surface area contributed by atoms with E-state index in [0.717, 1.165) is 32.1 Å². The molecule has 2 atom stereocenters. The summed E-state index contributed by atoms with van der Waals surface area (Å²) in [5.74, 6) is -0.0764. The van der Waals surface area contributed by atoms with Crippen LogP contribution in [0.15, 0.2) is 36.5 Å². The van der Waals surface area contributed by atoms with Crippen LogP contribution in [0.25, 0.3) is 0 Å². The molecule has 3 N–H and O–H groups in total. The molecule has 0 rings (SSSR count). The van der Waals surface area contributed by atoms with Gasteiger partial charge in [-0.25, -0.2) is 0 Å². The third-order valence-corrected chi connectivity index (χ3v) is 10.8. The molecule has 2 unspecified atom stereocenters. The summed E-state index contributed by atoms with van der Waals surface area (Å²) in [4.78, 5) is 12.4. The van der Waals surface area contributed by atoms with Crippen molar-refractivity contribution in [2.75, 3.05) is 6.61 Å². The predicted octanol–water partition coefficient (Wildman–Crippen LogP) is 15.0. The van der Waals surface area contributed by atoms with Gasteiger partial charge in [-0.3, -0.25) is 4.79 Å². The Morgan fingerprint density at radius 2 is 0.736 bits per heavy atom. The van der Waals surface area contributed by atoms with Crippen molar-refractivity contribution in [1.82, 2.24) is 5.32 Å². The molecule has 0 aromatic carbocycles. The summed E-state index contributed by atoms with van der Waals surface area (Å²) in [6.45, 7) is 4.31. The maximum Gasteiger partial charge on any atom is 0.220 e. The Kier molecular flexibility index (Phi) is 43.8. The van der Waals surface area contributed by atoms with Crippen LogP contribution in [-0.4, -0.2) is 34.9 Å². The Morgan fingerprint density at radius 1 is 0.434 bits per heavy atom. The SMILES string of the molecule is CCCCCCCCCCCCCC/C=C\CCCCCCCCCC(=O)NC(CO)C(O)/C=C/CC/C=C/CCCCCCCCCCCCCC. The number of aliphatic hydroxyl groups excluding tert-OH is 2. The molecule has 0 bridgehead atoms. The monoisotopic (exact) mass is 744 g/mol. The fraction of sp³-hybridized carbons (Fsp3) is 0.857. The number of amides is 1. The Morgan fingerprint density at radius 3 is 1.09 bits per heavy atom. The van der Waals surface area contributed by atoms with Crippen LogP contribution in [-0.2, 0) is 4.79 Å². The van der Waals surface area contributed by atoms with Crippen LogP contribution < -0.4 is 5.32 Å². The molecule has 0 spiro atoms. The highest BCUT2D eigenvalue weighted by atomic mass is 16.3. The van der Waals surface area contributed by atoms with Crippen molar-refractivity contribution in [1.29, 1.82) is 0 Å². The van der Waals surface area contributed by atoms with E-state index in [1.54, 1.807) is 6.08 Å². The Balaban J connectivity index is 3.58. The number of carbonyl (C=O) groups is 1. The molecule has 0 aliphatic carbocycles. The molecule has 0 aromatic rings. The number of carbonyl (C=O) groups excluding carboxylic acids is 1. The van der Waals surface area contributed by atoms with Crippen molar-refractivity contribution in [3.05, 3.63) is 36.5 Å². The summed E-state index contributed by atoms with van der Waals surface area (Å²) in [5.41, 5.74) is 0. The lowest BCUT2D eigenvalue weighted by Gasteiger charge is -2.19. The third-order valence-electron chi connectivity index (χ3n) is 10.8. The Hall–Kier alpha value is -1.39. The van der Waals surface area contributed by atoms with Gasteiger partial charge in [0.2, 0.25) is 5.91 Å². The van der Waals surface area contributed by atoms with Crippen LogP contribution in [0.4, 0.5) is 0 Å². The first-order chi connectivity index (χ1) is 26.2. The first-order valence-corrected chi connectivity index (χ1v) is 23.7. The minimum Gasteiger partial charge on any atom is -0.394 e. The predicted molar refractivity (Wildman–Crippen MR) is 235 cm³/mol. The van der Waals surface area contributed by atoms with Gasteiger partial charge in [0.15, 0.2) is 0 Å². The van der Waals surface area contributed by atoms with Gasteiger partial charge < -0.3 is 15.5 Å². The molecular formula is C49H93NO3. The van der Waals surface area contributed by atoms with E-state index in [0.29, 0.717) is 6.42 Å². The summed E-state index contributed by atoms with van der Waals surface area (Å²) >= 11 is 0. The van der Waals surface area contributed by atoms with Crippen molar-refractivity contribution in [3.8, 4) is 0 Å². The molecule has 0 aromatic heterocycles. The quantitative estimate of drug-likeness (QED) is 0.0430. The van der Waals surface area contributed by atoms with Gasteiger partial charge in [-0.1, -0.05) is 224 Å². The van der Waals surface area contributed by atoms with E-state index >= 15 is 0 Å². The van der Waals surface area contributed by atoms with Gasteiger partial charge in [0.05, 0.1) is 18.8 Å². The Labute approximate surface area is 331 Å². The van der Waals surface area contributed by atoms with Gasteiger partial charge in [0.25, 0.3) is 0 Å². The maximum absolute atomic E-state index is 12.4. The molecule has 0 aliphatic rings. The van der Waals surface area contributed by atoms with Crippen molar-refractivity contribution in [2.24, 2.45) is 0 Å². The molecule has 312 valence electrons. The molecule has 0 aliphatic heterocycles. The largest absolute Gasteiger partial charge is 0.394 e. The molecule has 4 heteroatoms. The molecular weight excluding hydrogens is 651 g/mol. The molecule has 0 saturated carbocycles. The first kappa shape index (κ1) is 51.6. The minimum atomic E-state index is -0.863. The lowest BCUT2D eigenvalue weighted by molar-refractivity contribution is -0.123. The van der Waals surface area contributed by atoms with Crippen molar-refractivity contribution < 1.29 is 15.0 Å². The minimum absolute atomic E-state index is 0.0764. The molecule has 4 nitrogen and oxygen atoms in total. The van der Waals surface area contributed by atoms with Crippen LogP contribution in [0.2, 0.25) is 0 Å². The highest BCUT2D eigenvalue weighted by Gasteiger charge is 2.17. The number of hydrogen-bond acceptors (Lipinski definition) is 3. The Bertz CT molecular complexity index is 806. The van der Waals surface area contributed by atoms with Gasteiger partial charge in [-0.05, 0) is 57.8 Å². The molecule has 0 saturated heterocycles. The smallest absolute Gasteiger partial charge is 0.220 e. The number of unbranched alkanes of at least 4 members (excludes halogenated alkanes) is 32. The highest BCUT2D eigenvalue weighted by molar-refractivity contribution is 5.76. The summed E-state index contributed by atoms with van der Waals surface area (Å²) in [6.07, 6.45) is 59.8. The summed E-state index contributed by atoms with van der Waals surface area (Å²) in [5, 5.41) is 23.0. The van der Waals surface area contributed by atoms with Crippen LogP contribution in [0.5, 0.6) is 0 Å². The van der Waals surface area contributed by atoms with Crippen LogP contribution in [0.1, 0.15) is 251 Å². The van der Waals surface area contributed by atoms with E-state index in [2.05, 4.69) is 43.5 Å². The van der Waals surface area contributed by atoms with Gasteiger partial charge in [-0.2, -0.15) is 0 Å². The van der Waals surface area contributed by atoms with Gasteiger partial charge >= 0.3 is 0 Å². The summed E-state index contributed by atoms with van der Waals surface area (Å²) in [6, 6.07) is -0.640. The standard InChI is InChI=1S/C49H93NO3/c1-3-5-7-9-11-13-15-17-19-21-23-24-25-26-27-29-31-33-35-37-39-41-43-45-49(53)50-47(46-51)48(52)44-42-40-38-36-34-32-30-28-22-20-18-16-14-12-10-8-6-4-2/h26-27,34,36,42,44,47-48,51-52H,3-25,28-33,35,37-41,43,45-46H2,1-2H3,(H,50,53)/b27-26-,36-34+,44-42+. The molecule has 0 fully saturated rings. The van der Waals surface area contributed by atoms with Gasteiger partial charge in [-0.15, -0.1) is 0 Å². The zero-order valence-electron chi connectivity index (χ0n) is 35.8. The van der Waals surface area contributed by atoms with Crippen LogP contribution >= 0.6 is 0 Å². The fourth-order valence-corrected chi connectivity index (χ4v) is 7.19. The topological polar surface area (TPSA) is 69.6 Å². The first-order valence-electron chi connectivity index (χ1n) is 23.7. The summed E-state index contributed by atoms with van der Waals surface area (Å²) in [7, 11) is 0. The van der Waals surface area contributed by atoms with E-state index in [4.69, 9.17) is 0 Å². The number of allylic oxidation sites excluding steroid dienone is 5. The van der Waals surface area contributed by atoms with Gasteiger partial charge in [0, 0.05) is 6.42 Å². The normalized spacial score (nSPS) is 13.2. The van der Waals surface area contributed by atoms with Crippen molar-refractivity contribution >= 4 is 5.91 Å². The zero-order chi connectivity index (χ0) is 38.6. The van der Waals surface area contributed by atoms with Crippen molar-refractivity contribution in [2.45, 2.75) is 264 Å². The molecule has 0 radical (unpaired) electrons. The number of rotatable bonds is 43. The van der Waals surface area contributed by atoms with Crippen molar-refractivity contribution in [3.63, 3.8) is 0 Å². The van der Waals surface area contributed by atoms with E-state index in [9.17, 15) is 15.0 Å². The lowest BCUT2D eigenvalue weighted by Crippen LogP contribution is -2.45. The van der Waals surface area contributed by atoms with E-state index in [-0.39, 0.29) is 12.5 Å². The number of aliphatic hydroxyl groups is 2. The van der Waals surface area contributed by atoms with Crippen LogP contribution in [0.3, 0.4) is 0 Å². The zero-order valence-corrected chi connectivity index (χ0v) is 35.8. The average Bonchev–Trinajstić information content (AvgIpc) is 3.16. The number of nitrogens with one attached hydrogen (secondary N) is 1. The van der Waals surface area contributed by atoms with E-state index in [1.165, 1.54) is 199 Å². The second-order valence-electron chi connectivity index (χ2n) is 16.2. The third kappa shape index (κ3) is 41.6. The van der Waals surface area contributed by atoms with Gasteiger partial charge in [0.1, 0.15) is 0 Å². The second-order valence-corrected chi connectivity index (χ2v) is 16.2. The maximum atomic E-state index is 12.4. The average molecular weight is 744 g/mol. The second kappa shape index (κ2) is 45.0. The number of hydrogen-bond donors (Lipinski definition) is 3. The van der Waals surface area contributed by atoms with E-state index in [1.807, 2.05) is 6.08 Å². The highest BCUT2D eigenvalue weighted by Crippen LogP contribution is 2.15. The summed E-state index contributed by atoms with van der Waals surface area (Å²) < 4.78 is 0. The fourth-order valence-electron chi connectivity index (χ4n) is 7.19.